The molecule has 1 N–H and O–H groups in total. The molecule has 0 spiro atoms. The van der Waals surface area contributed by atoms with Crippen LogP contribution in [-0.2, 0) is 11.3 Å². The van der Waals surface area contributed by atoms with Gasteiger partial charge in [0.25, 0.3) is 0 Å². The van der Waals surface area contributed by atoms with E-state index in [1.807, 2.05) is 43.0 Å². The summed E-state index contributed by atoms with van der Waals surface area (Å²) in [7, 11) is 1.90. The van der Waals surface area contributed by atoms with Gasteiger partial charge in [0.15, 0.2) is 5.96 Å². The number of thiophene rings is 1. The fourth-order valence-electron chi connectivity index (χ4n) is 2.01. The number of halogens is 1. The molecule has 0 aliphatic carbocycles. The predicted molar refractivity (Wildman–Crippen MR) is 97.4 cm³/mol. The van der Waals surface area contributed by atoms with E-state index in [0.29, 0.717) is 13.1 Å². The smallest absolute Gasteiger partial charge is 0.242 e. The number of carbonyl (C=O) groups excluding carboxylic acids is 1. The molecule has 0 bridgehead atoms. The van der Waals surface area contributed by atoms with Crippen molar-refractivity contribution in [2.75, 3.05) is 33.2 Å². The van der Waals surface area contributed by atoms with Gasteiger partial charge in [-0.05, 0) is 42.8 Å². The zero-order valence-corrected chi connectivity index (χ0v) is 16.1. The van der Waals surface area contributed by atoms with Crippen LogP contribution in [0.2, 0.25) is 0 Å². The first-order valence-corrected chi connectivity index (χ1v) is 9.19. The number of amides is 1. The summed E-state index contributed by atoms with van der Waals surface area (Å²) < 4.78 is 1.08. The molecule has 5 nitrogen and oxygen atoms in total. The third kappa shape index (κ3) is 5.96. The number of nitrogens with one attached hydrogen (secondary N) is 1. The van der Waals surface area contributed by atoms with Gasteiger partial charge in [-0.1, -0.05) is 0 Å². The molecule has 1 heterocycles. The summed E-state index contributed by atoms with van der Waals surface area (Å²) in [5.74, 6) is 0.879. The minimum Gasteiger partial charge on any atom is -0.357 e. The van der Waals surface area contributed by atoms with Crippen LogP contribution < -0.4 is 5.32 Å². The Morgan fingerprint density at radius 1 is 1.36 bits per heavy atom. The molecule has 0 atom stereocenters. The third-order valence-corrected chi connectivity index (χ3v) is 4.87. The van der Waals surface area contributed by atoms with Gasteiger partial charge < -0.3 is 15.1 Å². The Bertz CT molecular complexity index is 499. The first-order valence-electron chi connectivity index (χ1n) is 7.51. The number of hydrogen-bond acceptors (Lipinski definition) is 3. The lowest BCUT2D eigenvalue weighted by atomic mass is 10.4. The zero-order valence-electron chi connectivity index (χ0n) is 13.7. The van der Waals surface area contributed by atoms with E-state index in [1.165, 1.54) is 4.88 Å². The minimum absolute atomic E-state index is 0.122. The molecule has 0 saturated carbocycles. The van der Waals surface area contributed by atoms with Crippen LogP contribution in [0.15, 0.2) is 20.9 Å². The topological polar surface area (TPSA) is 47.9 Å². The summed E-state index contributed by atoms with van der Waals surface area (Å²) >= 11 is 5.12. The van der Waals surface area contributed by atoms with Crippen LogP contribution in [0.1, 0.15) is 25.6 Å². The SMILES string of the molecule is CCNC(=NCc1cc(Br)cs1)N(C)CC(=O)N(CC)CC. The van der Waals surface area contributed by atoms with E-state index >= 15 is 0 Å². The number of hydrogen-bond donors (Lipinski definition) is 1. The van der Waals surface area contributed by atoms with Crippen LogP contribution in [0.3, 0.4) is 0 Å². The highest BCUT2D eigenvalue weighted by molar-refractivity contribution is 9.10. The molecule has 0 unspecified atom stereocenters. The Hall–Kier alpha value is -1.08. The molecule has 124 valence electrons. The van der Waals surface area contributed by atoms with Crippen LogP contribution in [0.5, 0.6) is 0 Å². The minimum atomic E-state index is 0.122. The van der Waals surface area contributed by atoms with Gasteiger partial charge >= 0.3 is 0 Å². The molecule has 0 radical (unpaired) electrons. The van der Waals surface area contributed by atoms with Gasteiger partial charge in [0.2, 0.25) is 5.91 Å². The average Bonchev–Trinajstić information content (AvgIpc) is 2.90. The number of nitrogens with zero attached hydrogens (tertiary/aromatic N) is 3. The highest BCUT2D eigenvalue weighted by Gasteiger charge is 2.15. The lowest BCUT2D eigenvalue weighted by Gasteiger charge is -2.25. The number of carbonyl (C=O) groups is 1. The fraction of sp³-hybridized carbons (Fsp3) is 0.600. The van der Waals surface area contributed by atoms with E-state index < -0.39 is 0 Å². The van der Waals surface area contributed by atoms with Gasteiger partial charge in [-0.15, -0.1) is 11.3 Å². The number of aliphatic imine (C=N–C) groups is 1. The predicted octanol–water partition coefficient (Wildman–Crippen LogP) is 2.78. The lowest BCUT2D eigenvalue weighted by molar-refractivity contribution is -0.131. The number of likely N-dealkylation sites (N-methyl/N-ethyl adjacent to an activating group) is 2. The Balaban J connectivity index is 2.69. The molecule has 22 heavy (non-hydrogen) atoms. The molecule has 1 aromatic rings. The fourth-order valence-corrected chi connectivity index (χ4v) is 3.39. The van der Waals surface area contributed by atoms with Crippen LogP contribution >= 0.6 is 27.3 Å². The normalized spacial score (nSPS) is 11.4. The summed E-state index contributed by atoms with van der Waals surface area (Å²) in [6.45, 7) is 9.21. The van der Waals surface area contributed by atoms with Gasteiger partial charge in [-0.25, -0.2) is 4.99 Å². The van der Waals surface area contributed by atoms with Crippen molar-refractivity contribution in [3.63, 3.8) is 0 Å². The van der Waals surface area contributed by atoms with Crippen molar-refractivity contribution in [2.24, 2.45) is 4.99 Å². The second-order valence-corrected chi connectivity index (χ2v) is 6.73. The highest BCUT2D eigenvalue weighted by atomic mass is 79.9. The molecule has 0 fully saturated rings. The Morgan fingerprint density at radius 3 is 2.55 bits per heavy atom. The molecule has 7 heteroatoms. The van der Waals surface area contributed by atoms with E-state index in [4.69, 9.17) is 0 Å². The van der Waals surface area contributed by atoms with Gasteiger partial charge in [-0.3, -0.25) is 4.79 Å². The van der Waals surface area contributed by atoms with Crippen LogP contribution in [-0.4, -0.2) is 54.9 Å². The van der Waals surface area contributed by atoms with Crippen molar-refractivity contribution >= 4 is 39.1 Å². The Morgan fingerprint density at radius 2 is 2.05 bits per heavy atom. The first-order chi connectivity index (χ1) is 10.5. The standard InChI is InChI=1S/C15H25BrN4OS/c1-5-17-15(18-9-13-8-12(16)11-22-13)19(4)10-14(21)20(6-2)7-3/h8,11H,5-7,9-10H2,1-4H3,(H,17,18). The molecule has 1 amide bonds. The maximum Gasteiger partial charge on any atom is 0.242 e. The number of rotatable bonds is 7. The molecule has 0 saturated heterocycles. The third-order valence-electron chi connectivity index (χ3n) is 3.19. The van der Waals surface area contributed by atoms with E-state index in [9.17, 15) is 4.79 Å². The van der Waals surface area contributed by atoms with Gasteiger partial charge in [0.05, 0.1) is 13.1 Å². The van der Waals surface area contributed by atoms with Crippen molar-refractivity contribution in [3.05, 3.63) is 20.8 Å². The molecular weight excluding hydrogens is 364 g/mol. The van der Waals surface area contributed by atoms with Crippen LogP contribution in [0, 0.1) is 0 Å². The summed E-state index contributed by atoms with van der Waals surface area (Å²) in [6, 6.07) is 2.07. The molecule has 0 aliphatic heterocycles. The van der Waals surface area contributed by atoms with Gasteiger partial charge in [-0.2, -0.15) is 0 Å². The van der Waals surface area contributed by atoms with Gasteiger partial charge in [0, 0.05) is 41.4 Å². The quantitative estimate of drug-likeness (QED) is 0.576. The van der Waals surface area contributed by atoms with E-state index in [0.717, 1.165) is 30.1 Å². The van der Waals surface area contributed by atoms with Crippen molar-refractivity contribution in [1.82, 2.24) is 15.1 Å². The average molecular weight is 389 g/mol. The maximum atomic E-state index is 12.2. The molecule has 0 aliphatic rings. The first kappa shape index (κ1) is 19.0. The van der Waals surface area contributed by atoms with Gasteiger partial charge in [0.1, 0.15) is 0 Å². The molecule has 1 aromatic heterocycles. The van der Waals surface area contributed by atoms with Crippen LogP contribution in [0.4, 0.5) is 0 Å². The monoisotopic (exact) mass is 388 g/mol. The van der Waals surface area contributed by atoms with Crippen molar-refractivity contribution in [3.8, 4) is 0 Å². The molecule has 0 aromatic carbocycles. The Labute approximate surface area is 145 Å². The summed E-state index contributed by atoms with van der Waals surface area (Å²) in [4.78, 5) is 21.7. The zero-order chi connectivity index (χ0) is 16.5. The van der Waals surface area contributed by atoms with E-state index in [1.54, 1.807) is 11.3 Å². The summed E-state index contributed by atoms with van der Waals surface area (Å²) in [5, 5.41) is 5.28. The maximum absolute atomic E-state index is 12.2. The van der Waals surface area contributed by atoms with E-state index in [-0.39, 0.29) is 5.91 Å². The van der Waals surface area contributed by atoms with Crippen molar-refractivity contribution < 1.29 is 4.79 Å². The molecule has 1 rings (SSSR count). The lowest BCUT2D eigenvalue weighted by Crippen LogP contribution is -2.45. The van der Waals surface area contributed by atoms with Crippen molar-refractivity contribution in [2.45, 2.75) is 27.3 Å². The van der Waals surface area contributed by atoms with Crippen LogP contribution in [0.25, 0.3) is 0 Å². The largest absolute Gasteiger partial charge is 0.357 e. The summed E-state index contributed by atoms with van der Waals surface area (Å²) in [6.07, 6.45) is 0. The second-order valence-electron chi connectivity index (χ2n) is 4.82. The second kappa shape index (κ2) is 9.84. The summed E-state index contributed by atoms with van der Waals surface area (Å²) in [5.41, 5.74) is 0. The molecular formula is C15H25BrN4OS. The highest BCUT2D eigenvalue weighted by Crippen LogP contribution is 2.20. The van der Waals surface area contributed by atoms with E-state index in [2.05, 4.69) is 32.3 Å². The van der Waals surface area contributed by atoms with Crippen molar-refractivity contribution in [1.29, 1.82) is 0 Å². The Kier molecular flexibility index (Phi) is 8.48. The number of guanidine groups is 1.